The second-order valence-electron chi connectivity index (χ2n) is 2.32. The minimum absolute atomic E-state index is 1.32. The van der Waals surface area contributed by atoms with E-state index in [2.05, 4.69) is 4.74 Å². The van der Waals surface area contributed by atoms with Crippen molar-refractivity contribution in [3.8, 4) is 0 Å². The Labute approximate surface area is 85.3 Å². The summed E-state index contributed by atoms with van der Waals surface area (Å²) in [5.74, 6) is -6.46. The molecule has 0 heterocycles. The van der Waals surface area contributed by atoms with E-state index in [0.717, 1.165) is 0 Å². The predicted octanol–water partition coefficient (Wildman–Crippen LogP) is 3.76. The van der Waals surface area contributed by atoms with Gasteiger partial charge in [0.15, 0.2) is 0 Å². The lowest BCUT2D eigenvalue weighted by Crippen LogP contribution is -2.57. The average Bonchev–Trinajstić information content (AvgIpc) is 2.15. The fourth-order valence-corrected chi connectivity index (χ4v) is 0.494. The van der Waals surface area contributed by atoms with Gasteiger partial charge in [-0.1, -0.05) is 0 Å². The van der Waals surface area contributed by atoms with Crippen molar-refractivity contribution in [2.45, 2.75) is 18.1 Å². The van der Waals surface area contributed by atoms with Crippen molar-refractivity contribution in [1.82, 2.24) is 0 Å². The fraction of sp³-hybridized carbons (Fsp3) is 0.600. The predicted molar refractivity (Wildman–Crippen MR) is 28.5 cm³/mol. The highest BCUT2D eigenvalue weighted by Gasteiger charge is 2.77. The Morgan fingerprint density at radius 3 is 1.47 bits per heavy atom. The van der Waals surface area contributed by atoms with Crippen LogP contribution in [0.5, 0.6) is 0 Å². The molecule has 0 saturated heterocycles. The van der Waals surface area contributed by atoms with Crippen LogP contribution in [0.25, 0.3) is 0 Å². The molecule has 1 atom stereocenters. The summed E-state index contributed by atoms with van der Waals surface area (Å²) in [6.45, 7) is 0. The Bertz CT molecular complexity index is 304. The van der Waals surface area contributed by atoms with Crippen LogP contribution in [0.4, 0.5) is 44.0 Å². The molecule has 0 saturated carbocycles. The van der Waals surface area contributed by atoms with Crippen LogP contribution in [0.2, 0.25) is 0 Å². The van der Waals surface area contributed by atoms with E-state index >= 15 is 0 Å². The molecule has 0 aromatic rings. The molecule has 0 N–H and O–H groups in total. The number of hydrogen-bond donors (Lipinski definition) is 0. The lowest BCUT2D eigenvalue weighted by atomic mass is 10.3. The van der Waals surface area contributed by atoms with Gasteiger partial charge in [-0.2, -0.15) is 39.5 Å². The zero-order valence-corrected chi connectivity index (χ0v) is 7.10. The highest BCUT2D eigenvalue weighted by molar-refractivity contribution is 4.92. The highest BCUT2D eigenvalue weighted by Crippen LogP contribution is 2.48. The summed E-state index contributed by atoms with van der Waals surface area (Å²) in [7, 11) is 0. The molecule has 0 amide bonds. The molecule has 1 unspecified atom stereocenters. The third-order valence-corrected chi connectivity index (χ3v) is 1.21. The second-order valence-corrected chi connectivity index (χ2v) is 2.32. The molecule has 0 bridgehead atoms. The highest BCUT2D eigenvalue weighted by atomic mass is 19.4. The van der Waals surface area contributed by atoms with E-state index < -0.39 is 30.2 Å². The molecule has 12 heteroatoms. The standard InChI is InChI=1S/C5F10O2/c6-1(7)2(8)16-3(9,4(10,11)12)5(13,14)17-15. The van der Waals surface area contributed by atoms with Gasteiger partial charge in [0.2, 0.25) is 0 Å². The van der Waals surface area contributed by atoms with E-state index in [4.69, 9.17) is 0 Å². The minimum Gasteiger partial charge on any atom is -0.414 e. The third kappa shape index (κ3) is 2.92. The summed E-state index contributed by atoms with van der Waals surface area (Å²) in [6.07, 6.45) is -16.8. The molecule has 0 fully saturated rings. The van der Waals surface area contributed by atoms with Crippen molar-refractivity contribution in [2.75, 3.05) is 0 Å². The van der Waals surface area contributed by atoms with Crippen molar-refractivity contribution >= 4 is 0 Å². The first-order chi connectivity index (χ1) is 7.39. The maximum absolute atomic E-state index is 12.6. The van der Waals surface area contributed by atoms with Crippen molar-refractivity contribution in [2.24, 2.45) is 0 Å². The molecule has 2 nitrogen and oxygen atoms in total. The lowest BCUT2D eigenvalue weighted by molar-refractivity contribution is -0.493. The lowest BCUT2D eigenvalue weighted by Gasteiger charge is -2.30. The molecule has 0 aromatic carbocycles. The Hall–Kier alpha value is -1.20. The SMILES string of the molecule is FOC(F)(F)C(F)(OC(F)=C(F)F)C(F)(F)F. The molecule has 17 heavy (non-hydrogen) atoms. The van der Waals surface area contributed by atoms with Crippen molar-refractivity contribution in [1.29, 1.82) is 0 Å². The van der Waals surface area contributed by atoms with E-state index in [1.807, 2.05) is 0 Å². The van der Waals surface area contributed by atoms with Crippen molar-refractivity contribution in [3.05, 3.63) is 12.1 Å². The minimum atomic E-state index is -6.75. The topological polar surface area (TPSA) is 18.5 Å². The Balaban J connectivity index is 5.53. The molecular weight excluding hydrogens is 282 g/mol. The summed E-state index contributed by atoms with van der Waals surface area (Å²) in [4.78, 5) is 1.32. The van der Waals surface area contributed by atoms with Gasteiger partial charge in [-0.15, -0.1) is 4.94 Å². The average molecular weight is 282 g/mol. The quantitative estimate of drug-likeness (QED) is 0.577. The number of hydrogen-bond acceptors (Lipinski definition) is 2. The van der Waals surface area contributed by atoms with E-state index in [0.29, 0.717) is 0 Å². The van der Waals surface area contributed by atoms with Crippen LogP contribution in [0.15, 0.2) is 12.1 Å². The third-order valence-electron chi connectivity index (χ3n) is 1.21. The fourth-order valence-electron chi connectivity index (χ4n) is 0.494. The summed E-state index contributed by atoms with van der Waals surface area (Å²) in [5, 5.41) is 0. The van der Waals surface area contributed by atoms with Gasteiger partial charge in [0.25, 0.3) is 0 Å². The van der Waals surface area contributed by atoms with Gasteiger partial charge >= 0.3 is 30.2 Å². The molecule has 0 aliphatic heterocycles. The van der Waals surface area contributed by atoms with Crippen LogP contribution < -0.4 is 0 Å². The molecule has 0 aliphatic carbocycles. The molecule has 0 spiro atoms. The van der Waals surface area contributed by atoms with E-state index in [-0.39, 0.29) is 0 Å². The number of alkyl halides is 6. The maximum atomic E-state index is 12.6. The summed E-state index contributed by atoms with van der Waals surface area (Å²) in [5.41, 5.74) is 0. The monoisotopic (exact) mass is 282 g/mol. The molecule has 0 aliphatic rings. The van der Waals surface area contributed by atoms with Crippen LogP contribution >= 0.6 is 0 Å². The largest absolute Gasteiger partial charge is 0.470 e. The molecular formula is C5F10O2. The molecule has 0 radical (unpaired) electrons. The number of halogens is 10. The van der Waals surface area contributed by atoms with Crippen molar-refractivity contribution in [3.63, 3.8) is 0 Å². The van der Waals surface area contributed by atoms with Gasteiger partial charge < -0.3 is 4.74 Å². The maximum Gasteiger partial charge on any atom is 0.470 e. The van der Waals surface area contributed by atoms with Gasteiger partial charge in [-0.3, -0.25) is 0 Å². The first kappa shape index (κ1) is 15.8. The van der Waals surface area contributed by atoms with Crippen LogP contribution in [0.3, 0.4) is 0 Å². The zero-order chi connectivity index (χ0) is 14.1. The molecule has 0 aromatic heterocycles. The van der Waals surface area contributed by atoms with Crippen LogP contribution in [-0.4, -0.2) is 18.1 Å². The summed E-state index contributed by atoms with van der Waals surface area (Å²) >= 11 is 0. The van der Waals surface area contributed by atoms with Gasteiger partial charge in [-0.25, -0.2) is 0 Å². The second kappa shape index (κ2) is 4.58. The van der Waals surface area contributed by atoms with E-state index in [1.54, 1.807) is 0 Å². The zero-order valence-electron chi connectivity index (χ0n) is 7.10. The van der Waals surface area contributed by atoms with Crippen LogP contribution in [-0.2, 0) is 9.68 Å². The number of rotatable bonds is 4. The van der Waals surface area contributed by atoms with Gasteiger partial charge in [0, 0.05) is 0 Å². The van der Waals surface area contributed by atoms with E-state index in [9.17, 15) is 44.0 Å². The van der Waals surface area contributed by atoms with Gasteiger partial charge in [0.05, 0.1) is 0 Å². The Morgan fingerprint density at radius 2 is 1.24 bits per heavy atom. The van der Waals surface area contributed by atoms with Crippen LogP contribution in [0.1, 0.15) is 0 Å². The normalized spacial score (nSPS) is 16.4. The smallest absolute Gasteiger partial charge is 0.414 e. The molecule has 0 rings (SSSR count). The Morgan fingerprint density at radius 1 is 0.824 bits per heavy atom. The summed E-state index contributed by atoms with van der Waals surface area (Å²) in [6, 6.07) is -3.60. The number of ether oxygens (including phenoxy) is 1. The summed E-state index contributed by atoms with van der Waals surface area (Å²) < 4.78 is 120. The first-order valence-electron chi connectivity index (χ1n) is 3.22. The van der Waals surface area contributed by atoms with Gasteiger partial charge in [-0.05, 0) is 4.53 Å². The van der Waals surface area contributed by atoms with Gasteiger partial charge in [0.1, 0.15) is 0 Å². The molecule has 102 valence electrons. The van der Waals surface area contributed by atoms with Crippen molar-refractivity contribution < 1.29 is 53.7 Å². The van der Waals surface area contributed by atoms with E-state index in [1.165, 1.54) is 4.94 Å². The Kier molecular flexibility index (Phi) is 4.26. The van der Waals surface area contributed by atoms with Crippen LogP contribution in [0, 0.1) is 0 Å². The first-order valence-corrected chi connectivity index (χ1v) is 3.22.